The number of imidazole rings is 1. The fourth-order valence-electron chi connectivity index (χ4n) is 3.80. The van der Waals surface area contributed by atoms with Gasteiger partial charge in [0, 0.05) is 26.2 Å². The second kappa shape index (κ2) is 9.42. The highest BCUT2D eigenvalue weighted by atomic mass is 32.2. The van der Waals surface area contributed by atoms with Crippen LogP contribution in [0, 0.1) is 0 Å². The molecule has 1 heterocycles. The van der Waals surface area contributed by atoms with Crippen LogP contribution in [0.2, 0.25) is 0 Å². The number of ether oxygens (including phenoxy) is 1. The van der Waals surface area contributed by atoms with Gasteiger partial charge < -0.3 is 14.2 Å². The summed E-state index contributed by atoms with van der Waals surface area (Å²) in [6, 6.07) is 8.54. The van der Waals surface area contributed by atoms with Crippen LogP contribution in [0.15, 0.2) is 29.4 Å². The Kier molecular flexibility index (Phi) is 6.97. The summed E-state index contributed by atoms with van der Waals surface area (Å²) in [4.78, 5) is 19.6. The number of carbonyl (C=O) groups excluding carboxylic acids is 1. The first kappa shape index (κ1) is 19.2. The molecule has 0 N–H and O–H groups in total. The Labute approximate surface area is 160 Å². The molecule has 3 rings (SSSR count). The molecular formula is C20H29N3O2S. The maximum Gasteiger partial charge on any atom is 0.233 e. The van der Waals surface area contributed by atoms with Crippen LogP contribution in [0.3, 0.4) is 0 Å². The van der Waals surface area contributed by atoms with E-state index in [0.29, 0.717) is 18.4 Å². The predicted octanol–water partition coefficient (Wildman–Crippen LogP) is 3.96. The molecule has 1 fully saturated rings. The van der Waals surface area contributed by atoms with Crippen molar-refractivity contribution in [3.63, 3.8) is 0 Å². The maximum atomic E-state index is 12.8. The molecule has 0 saturated heterocycles. The zero-order chi connectivity index (χ0) is 18.4. The minimum atomic E-state index is 0.231. The Bertz CT molecular complexity index is 725. The third kappa shape index (κ3) is 4.41. The van der Waals surface area contributed by atoms with Crippen molar-refractivity contribution in [3.8, 4) is 0 Å². The number of para-hydroxylation sites is 2. The summed E-state index contributed by atoms with van der Waals surface area (Å²) >= 11 is 1.54. The van der Waals surface area contributed by atoms with Crippen LogP contribution >= 0.6 is 11.8 Å². The van der Waals surface area contributed by atoms with E-state index in [1.165, 1.54) is 19.3 Å². The molecular weight excluding hydrogens is 346 g/mol. The highest BCUT2D eigenvalue weighted by Crippen LogP contribution is 2.26. The molecule has 0 unspecified atom stereocenters. The minimum Gasteiger partial charge on any atom is -0.383 e. The summed E-state index contributed by atoms with van der Waals surface area (Å²) in [6.07, 6.45) is 6.09. The third-order valence-corrected chi connectivity index (χ3v) is 6.10. The SMILES string of the molecule is CCN(C(=O)CSc1nc2ccccc2n1CCOC)C1CCCCC1. The summed E-state index contributed by atoms with van der Waals surface area (Å²) in [5.41, 5.74) is 2.07. The van der Waals surface area contributed by atoms with E-state index in [1.54, 1.807) is 18.9 Å². The highest BCUT2D eigenvalue weighted by molar-refractivity contribution is 7.99. The van der Waals surface area contributed by atoms with Gasteiger partial charge in [-0.1, -0.05) is 43.2 Å². The van der Waals surface area contributed by atoms with Crippen LogP contribution in [-0.2, 0) is 16.1 Å². The summed E-state index contributed by atoms with van der Waals surface area (Å²) in [7, 11) is 1.71. The van der Waals surface area contributed by atoms with Gasteiger partial charge in [-0.25, -0.2) is 4.98 Å². The van der Waals surface area contributed by atoms with E-state index in [0.717, 1.165) is 42.1 Å². The van der Waals surface area contributed by atoms with Crippen LogP contribution in [0.25, 0.3) is 11.0 Å². The van der Waals surface area contributed by atoms with Crippen LogP contribution in [0.1, 0.15) is 39.0 Å². The standard InChI is InChI=1S/C20H29N3O2S/c1-3-22(16-9-5-4-6-10-16)19(24)15-26-20-21-17-11-7-8-12-18(17)23(20)13-14-25-2/h7-8,11-12,16H,3-6,9-10,13-15H2,1-2H3. The minimum absolute atomic E-state index is 0.231. The zero-order valence-corrected chi connectivity index (χ0v) is 16.6. The van der Waals surface area contributed by atoms with Crippen molar-refractivity contribution in [2.24, 2.45) is 0 Å². The molecule has 1 saturated carbocycles. The molecule has 0 aliphatic heterocycles. The largest absolute Gasteiger partial charge is 0.383 e. The molecule has 142 valence electrons. The van der Waals surface area contributed by atoms with Crippen LogP contribution < -0.4 is 0 Å². The van der Waals surface area contributed by atoms with Crippen molar-refractivity contribution in [2.45, 2.75) is 56.8 Å². The first-order valence-electron chi connectivity index (χ1n) is 9.61. The second-order valence-electron chi connectivity index (χ2n) is 6.79. The summed E-state index contributed by atoms with van der Waals surface area (Å²) < 4.78 is 7.41. The zero-order valence-electron chi connectivity index (χ0n) is 15.8. The third-order valence-electron chi connectivity index (χ3n) is 5.14. The van der Waals surface area contributed by atoms with Crippen LogP contribution in [-0.4, -0.2) is 52.4 Å². The quantitative estimate of drug-likeness (QED) is 0.655. The Morgan fingerprint density at radius 2 is 2.08 bits per heavy atom. The molecule has 1 aromatic carbocycles. The van der Waals surface area contributed by atoms with Crippen molar-refractivity contribution in [2.75, 3.05) is 26.0 Å². The second-order valence-corrected chi connectivity index (χ2v) is 7.73. The Morgan fingerprint density at radius 3 is 2.81 bits per heavy atom. The average Bonchev–Trinajstić information content (AvgIpc) is 3.03. The molecule has 6 heteroatoms. The van der Waals surface area contributed by atoms with Gasteiger partial charge in [0.25, 0.3) is 0 Å². The molecule has 26 heavy (non-hydrogen) atoms. The molecule has 0 bridgehead atoms. The van der Waals surface area contributed by atoms with Gasteiger partial charge in [0.15, 0.2) is 5.16 Å². The summed E-state index contributed by atoms with van der Waals surface area (Å²) in [5.74, 6) is 0.676. The Balaban J connectivity index is 1.70. The molecule has 2 aromatic rings. The van der Waals surface area contributed by atoms with E-state index >= 15 is 0 Å². The van der Waals surface area contributed by atoms with Crippen LogP contribution in [0.4, 0.5) is 0 Å². The van der Waals surface area contributed by atoms with E-state index < -0.39 is 0 Å². The lowest BCUT2D eigenvalue weighted by Crippen LogP contribution is -2.42. The number of aromatic nitrogens is 2. The van der Waals surface area contributed by atoms with Crippen molar-refractivity contribution in [3.05, 3.63) is 24.3 Å². The first-order valence-corrected chi connectivity index (χ1v) is 10.6. The number of methoxy groups -OCH3 is 1. The fraction of sp³-hybridized carbons (Fsp3) is 0.600. The lowest BCUT2D eigenvalue weighted by Gasteiger charge is -2.33. The molecule has 1 aromatic heterocycles. The van der Waals surface area contributed by atoms with Crippen LogP contribution in [0.5, 0.6) is 0 Å². The Morgan fingerprint density at radius 1 is 1.31 bits per heavy atom. The smallest absolute Gasteiger partial charge is 0.233 e. The fourth-order valence-corrected chi connectivity index (χ4v) is 4.73. The predicted molar refractivity (Wildman–Crippen MR) is 107 cm³/mol. The van der Waals surface area contributed by atoms with E-state index in [1.807, 2.05) is 18.2 Å². The van der Waals surface area contributed by atoms with Gasteiger partial charge in [-0.05, 0) is 31.9 Å². The van der Waals surface area contributed by atoms with Crippen molar-refractivity contribution in [1.29, 1.82) is 0 Å². The van der Waals surface area contributed by atoms with Gasteiger partial charge >= 0.3 is 0 Å². The average molecular weight is 376 g/mol. The number of rotatable bonds is 8. The Hall–Kier alpha value is -1.53. The van der Waals surface area contributed by atoms with Gasteiger partial charge in [-0.3, -0.25) is 4.79 Å². The monoisotopic (exact) mass is 375 g/mol. The normalized spacial score (nSPS) is 15.5. The van der Waals surface area contributed by atoms with Gasteiger partial charge in [0.1, 0.15) is 0 Å². The van der Waals surface area contributed by atoms with Crippen molar-refractivity contribution < 1.29 is 9.53 Å². The number of thioether (sulfide) groups is 1. The topological polar surface area (TPSA) is 47.4 Å². The molecule has 0 atom stereocenters. The lowest BCUT2D eigenvalue weighted by molar-refractivity contribution is -0.131. The molecule has 5 nitrogen and oxygen atoms in total. The number of amides is 1. The van der Waals surface area contributed by atoms with Gasteiger partial charge in [-0.15, -0.1) is 0 Å². The van der Waals surface area contributed by atoms with Crippen molar-refractivity contribution >= 4 is 28.7 Å². The molecule has 0 spiro atoms. The first-order chi connectivity index (χ1) is 12.7. The maximum absolute atomic E-state index is 12.8. The lowest BCUT2D eigenvalue weighted by atomic mass is 9.94. The molecule has 0 radical (unpaired) electrons. The summed E-state index contributed by atoms with van der Waals surface area (Å²) in [6.45, 7) is 4.26. The van der Waals surface area contributed by atoms with E-state index in [9.17, 15) is 4.79 Å². The highest BCUT2D eigenvalue weighted by Gasteiger charge is 2.24. The van der Waals surface area contributed by atoms with Crippen molar-refractivity contribution in [1.82, 2.24) is 14.5 Å². The number of hydrogen-bond donors (Lipinski definition) is 0. The number of nitrogens with zero attached hydrogens (tertiary/aromatic N) is 3. The van der Waals surface area contributed by atoms with Gasteiger partial charge in [0.2, 0.25) is 5.91 Å². The van der Waals surface area contributed by atoms with E-state index in [4.69, 9.17) is 9.72 Å². The van der Waals surface area contributed by atoms with Gasteiger partial charge in [-0.2, -0.15) is 0 Å². The molecule has 1 amide bonds. The summed E-state index contributed by atoms with van der Waals surface area (Å²) in [5, 5.41) is 0.899. The van der Waals surface area contributed by atoms with Gasteiger partial charge in [0.05, 0.1) is 23.4 Å². The van der Waals surface area contributed by atoms with E-state index in [2.05, 4.69) is 22.5 Å². The number of carbonyl (C=O) groups is 1. The molecule has 1 aliphatic carbocycles. The number of hydrogen-bond acceptors (Lipinski definition) is 4. The molecule has 1 aliphatic rings. The van der Waals surface area contributed by atoms with E-state index in [-0.39, 0.29) is 5.91 Å². The number of fused-ring (bicyclic) bond motifs is 1. The number of benzene rings is 1.